The summed E-state index contributed by atoms with van der Waals surface area (Å²) in [7, 11) is 0. The summed E-state index contributed by atoms with van der Waals surface area (Å²) in [4.78, 5) is 15.4. The Labute approximate surface area is 129 Å². The zero-order chi connectivity index (χ0) is 15.1. The van der Waals surface area contributed by atoms with Gasteiger partial charge in [-0.05, 0) is 43.4 Å². The maximum Gasteiger partial charge on any atom is 0.244 e. The van der Waals surface area contributed by atoms with E-state index in [4.69, 9.17) is 0 Å². The molecule has 3 heteroatoms. The largest absolute Gasteiger partial charge is 0.325 e. The molecule has 1 aliphatic heterocycles. The lowest BCUT2D eigenvalue weighted by Crippen LogP contribution is -2.47. The van der Waals surface area contributed by atoms with Crippen molar-refractivity contribution < 1.29 is 4.79 Å². The van der Waals surface area contributed by atoms with Gasteiger partial charge in [0.05, 0.1) is 11.7 Å². The van der Waals surface area contributed by atoms with E-state index < -0.39 is 0 Å². The zero-order valence-electron chi connectivity index (χ0n) is 14.1. The van der Waals surface area contributed by atoms with E-state index in [1.54, 1.807) is 0 Å². The van der Waals surface area contributed by atoms with Crippen molar-refractivity contribution >= 4 is 5.91 Å². The van der Waals surface area contributed by atoms with Gasteiger partial charge in [0.2, 0.25) is 5.91 Å². The van der Waals surface area contributed by atoms with Gasteiger partial charge in [-0.25, -0.2) is 0 Å². The van der Waals surface area contributed by atoms with Gasteiger partial charge in [-0.1, -0.05) is 46.5 Å². The van der Waals surface area contributed by atoms with Crippen LogP contribution in [0.1, 0.15) is 78.6 Å². The molecule has 1 atom stereocenters. The second kappa shape index (κ2) is 5.57. The second-order valence-electron chi connectivity index (χ2n) is 8.37. The Kier molecular flexibility index (Phi) is 4.06. The van der Waals surface area contributed by atoms with Crippen LogP contribution in [0.3, 0.4) is 0 Å². The number of nitrogens with one attached hydrogen (secondary N) is 1. The number of hydrogen-bond acceptors (Lipinski definition) is 2. The molecule has 3 rings (SSSR count). The van der Waals surface area contributed by atoms with Gasteiger partial charge in [-0.15, -0.1) is 0 Å². The molecule has 1 unspecified atom stereocenters. The quantitative estimate of drug-likeness (QED) is 0.857. The fourth-order valence-corrected chi connectivity index (χ4v) is 4.55. The first-order chi connectivity index (χ1) is 9.97. The molecule has 0 aromatic rings. The molecule has 1 N–H and O–H groups in total. The van der Waals surface area contributed by atoms with Crippen LogP contribution in [0.25, 0.3) is 0 Å². The van der Waals surface area contributed by atoms with E-state index in [1.165, 1.54) is 38.5 Å². The Morgan fingerprint density at radius 1 is 1.19 bits per heavy atom. The summed E-state index contributed by atoms with van der Waals surface area (Å²) in [6, 6.07) is 0. The van der Waals surface area contributed by atoms with Crippen LogP contribution in [-0.2, 0) is 4.79 Å². The molecule has 120 valence electrons. The standard InChI is InChI=1S/C18H32N2O/c1-4-17(2,3)13-20-15(14-9-5-6-10-14)19-18(16(20)21)11-7-8-12-18/h14-15,19H,4-13H2,1-3H3. The van der Waals surface area contributed by atoms with Crippen molar-refractivity contribution in [2.24, 2.45) is 11.3 Å². The monoisotopic (exact) mass is 292 g/mol. The number of hydrogen-bond donors (Lipinski definition) is 1. The van der Waals surface area contributed by atoms with Gasteiger partial charge in [0.1, 0.15) is 0 Å². The van der Waals surface area contributed by atoms with E-state index in [9.17, 15) is 4.79 Å². The normalized spacial score (nSPS) is 30.0. The second-order valence-corrected chi connectivity index (χ2v) is 8.37. The molecule has 3 nitrogen and oxygen atoms in total. The average Bonchev–Trinajstić information content (AvgIpc) is 3.17. The highest BCUT2D eigenvalue weighted by atomic mass is 16.2. The number of rotatable bonds is 4. The van der Waals surface area contributed by atoms with Gasteiger partial charge in [-0.3, -0.25) is 10.1 Å². The highest BCUT2D eigenvalue weighted by Crippen LogP contribution is 2.42. The van der Waals surface area contributed by atoms with Crippen LogP contribution >= 0.6 is 0 Å². The third-order valence-electron chi connectivity index (χ3n) is 6.29. The summed E-state index contributed by atoms with van der Waals surface area (Å²) in [5.41, 5.74) is 0.0232. The Balaban J connectivity index is 1.83. The molecule has 3 fully saturated rings. The molecule has 1 saturated heterocycles. The average molecular weight is 292 g/mol. The van der Waals surface area contributed by atoms with Crippen LogP contribution in [0.4, 0.5) is 0 Å². The smallest absolute Gasteiger partial charge is 0.244 e. The van der Waals surface area contributed by atoms with Crippen molar-refractivity contribution in [1.29, 1.82) is 0 Å². The van der Waals surface area contributed by atoms with Gasteiger partial charge in [0, 0.05) is 6.54 Å². The van der Waals surface area contributed by atoms with E-state index in [-0.39, 0.29) is 11.0 Å². The summed E-state index contributed by atoms with van der Waals surface area (Å²) < 4.78 is 0. The lowest BCUT2D eigenvalue weighted by molar-refractivity contribution is -0.135. The molecule has 0 radical (unpaired) electrons. The summed E-state index contributed by atoms with van der Waals surface area (Å²) in [5, 5.41) is 3.83. The van der Waals surface area contributed by atoms with Gasteiger partial charge < -0.3 is 4.90 Å². The Bertz CT molecular complexity index is 392. The fourth-order valence-electron chi connectivity index (χ4n) is 4.55. The van der Waals surface area contributed by atoms with E-state index >= 15 is 0 Å². The van der Waals surface area contributed by atoms with Gasteiger partial charge in [0.25, 0.3) is 0 Å². The Morgan fingerprint density at radius 2 is 1.81 bits per heavy atom. The summed E-state index contributed by atoms with van der Waals surface area (Å²) in [6.45, 7) is 7.75. The van der Waals surface area contributed by atoms with Crippen LogP contribution in [0.2, 0.25) is 0 Å². The van der Waals surface area contributed by atoms with Crippen LogP contribution in [-0.4, -0.2) is 29.1 Å². The van der Waals surface area contributed by atoms with Crippen molar-refractivity contribution in [3.05, 3.63) is 0 Å². The molecule has 3 aliphatic rings. The minimum atomic E-state index is -0.197. The predicted octanol–water partition coefficient (Wildman–Crippen LogP) is 3.68. The van der Waals surface area contributed by atoms with E-state index in [0.717, 1.165) is 25.8 Å². The topological polar surface area (TPSA) is 32.3 Å². The molecular formula is C18H32N2O. The first-order valence-corrected chi connectivity index (χ1v) is 9.06. The molecule has 1 spiro atoms. The lowest BCUT2D eigenvalue weighted by atomic mass is 9.88. The third-order valence-corrected chi connectivity index (χ3v) is 6.29. The minimum Gasteiger partial charge on any atom is -0.325 e. The fraction of sp³-hybridized carbons (Fsp3) is 0.944. The highest BCUT2D eigenvalue weighted by molar-refractivity contribution is 5.89. The minimum absolute atomic E-state index is 0.197. The number of carbonyl (C=O) groups excluding carboxylic acids is 1. The van der Waals surface area contributed by atoms with Crippen LogP contribution < -0.4 is 5.32 Å². The van der Waals surface area contributed by atoms with Crippen LogP contribution in [0, 0.1) is 11.3 Å². The Hall–Kier alpha value is -0.570. The lowest BCUT2D eigenvalue weighted by Gasteiger charge is -2.35. The van der Waals surface area contributed by atoms with E-state index in [1.807, 2.05) is 0 Å². The van der Waals surface area contributed by atoms with Crippen LogP contribution in [0.15, 0.2) is 0 Å². The maximum absolute atomic E-state index is 13.2. The van der Waals surface area contributed by atoms with Gasteiger partial charge in [0.15, 0.2) is 0 Å². The maximum atomic E-state index is 13.2. The third kappa shape index (κ3) is 2.74. The highest BCUT2D eigenvalue weighted by Gasteiger charge is 2.54. The predicted molar refractivity (Wildman–Crippen MR) is 85.9 cm³/mol. The van der Waals surface area contributed by atoms with E-state index in [2.05, 4.69) is 31.0 Å². The molecule has 0 aromatic carbocycles. The van der Waals surface area contributed by atoms with Crippen LogP contribution in [0.5, 0.6) is 0 Å². The molecule has 1 amide bonds. The SMILES string of the molecule is CCC(C)(C)CN1C(=O)C2(CCCC2)NC1C1CCCC1. The Morgan fingerprint density at radius 3 is 2.38 bits per heavy atom. The van der Waals surface area contributed by atoms with Crippen molar-refractivity contribution in [2.75, 3.05) is 6.54 Å². The first-order valence-electron chi connectivity index (χ1n) is 9.06. The molecule has 0 bridgehead atoms. The van der Waals surface area contributed by atoms with Crippen molar-refractivity contribution in [1.82, 2.24) is 10.2 Å². The number of nitrogens with zero attached hydrogens (tertiary/aromatic N) is 1. The molecule has 2 saturated carbocycles. The summed E-state index contributed by atoms with van der Waals surface area (Å²) in [5.74, 6) is 1.10. The number of carbonyl (C=O) groups is 1. The first kappa shape index (κ1) is 15.3. The molecular weight excluding hydrogens is 260 g/mol. The summed E-state index contributed by atoms with van der Waals surface area (Å²) in [6.07, 6.45) is 11.2. The van der Waals surface area contributed by atoms with Crippen molar-refractivity contribution in [3.8, 4) is 0 Å². The zero-order valence-corrected chi connectivity index (χ0v) is 14.1. The molecule has 2 aliphatic carbocycles. The molecule has 1 heterocycles. The van der Waals surface area contributed by atoms with Crippen molar-refractivity contribution in [2.45, 2.75) is 90.3 Å². The summed E-state index contributed by atoms with van der Waals surface area (Å²) >= 11 is 0. The van der Waals surface area contributed by atoms with E-state index in [0.29, 0.717) is 18.0 Å². The number of amides is 1. The van der Waals surface area contributed by atoms with Crippen molar-refractivity contribution in [3.63, 3.8) is 0 Å². The molecule has 21 heavy (non-hydrogen) atoms. The van der Waals surface area contributed by atoms with Gasteiger partial charge in [-0.2, -0.15) is 0 Å². The molecule has 0 aromatic heterocycles. The van der Waals surface area contributed by atoms with Gasteiger partial charge >= 0.3 is 0 Å².